The molecule has 1 aliphatic rings. The number of sulfonamides is 1. The van der Waals surface area contributed by atoms with E-state index in [-0.39, 0.29) is 10.8 Å². The van der Waals surface area contributed by atoms with Gasteiger partial charge in [-0.05, 0) is 31.9 Å². The molecule has 0 bridgehead atoms. The lowest BCUT2D eigenvalue weighted by Gasteiger charge is -2.33. The van der Waals surface area contributed by atoms with Gasteiger partial charge in [-0.1, -0.05) is 31.0 Å². The first kappa shape index (κ1) is 20.2. The van der Waals surface area contributed by atoms with E-state index in [2.05, 4.69) is 4.98 Å². The van der Waals surface area contributed by atoms with Crippen molar-refractivity contribution in [2.75, 3.05) is 26.4 Å². The van der Waals surface area contributed by atoms with Gasteiger partial charge in [-0.25, -0.2) is 17.7 Å². The van der Waals surface area contributed by atoms with Crippen LogP contribution in [0.4, 0.5) is 0 Å². The Bertz CT molecular complexity index is 669. The number of amides is 1. The number of carbonyl (C=O) groups excluding carboxylic acids is 1. The highest BCUT2D eigenvalue weighted by Crippen LogP contribution is 2.24. The van der Waals surface area contributed by atoms with Crippen LogP contribution in [0.5, 0.6) is 0 Å². The van der Waals surface area contributed by atoms with E-state index in [4.69, 9.17) is 0 Å². The third-order valence-corrected chi connectivity index (χ3v) is 7.24. The zero-order valence-corrected chi connectivity index (χ0v) is 16.8. The summed E-state index contributed by atoms with van der Waals surface area (Å²) in [5.74, 6) is 0.461. The van der Waals surface area contributed by atoms with Gasteiger partial charge < -0.3 is 4.90 Å². The number of hydrogen-bond acceptors (Lipinski definition) is 5. The third-order valence-electron chi connectivity index (χ3n) is 4.51. The zero-order chi connectivity index (χ0) is 18.4. The Hall–Kier alpha value is -1.12. The van der Waals surface area contributed by atoms with Gasteiger partial charge in [-0.15, -0.1) is 0 Å². The summed E-state index contributed by atoms with van der Waals surface area (Å²) in [4.78, 5) is 18.9. The van der Waals surface area contributed by atoms with Gasteiger partial charge >= 0.3 is 0 Å². The average Bonchev–Trinajstić information content (AvgIpc) is 2.61. The molecule has 0 atom stereocenters. The summed E-state index contributed by atoms with van der Waals surface area (Å²) in [5.41, 5.74) is 0. The molecule has 6 nitrogen and oxygen atoms in total. The van der Waals surface area contributed by atoms with Crippen LogP contribution in [0.15, 0.2) is 28.3 Å². The van der Waals surface area contributed by atoms with E-state index in [0.717, 1.165) is 23.7 Å². The lowest BCUT2D eigenvalue weighted by Crippen LogP contribution is -2.42. The molecule has 0 aromatic carbocycles. The summed E-state index contributed by atoms with van der Waals surface area (Å²) in [5, 5.41) is 0.658. The number of thioether (sulfide) groups is 1. The van der Waals surface area contributed by atoms with Crippen LogP contribution in [-0.4, -0.2) is 60.9 Å². The van der Waals surface area contributed by atoms with Gasteiger partial charge in [-0.2, -0.15) is 0 Å². The summed E-state index contributed by atoms with van der Waals surface area (Å²) in [6, 6.07) is 3.56. The molecule has 1 amide bonds. The molecule has 8 heteroatoms. The second-order valence-corrected chi connectivity index (χ2v) is 9.53. The number of hydrogen-bond donors (Lipinski definition) is 0. The number of rotatable bonds is 7. The van der Waals surface area contributed by atoms with Crippen LogP contribution < -0.4 is 0 Å². The van der Waals surface area contributed by atoms with Crippen LogP contribution in [0.2, 0.25) is 0 Å². The maximum atomic E-state index is 12.5. The minimum atomic E-state index is -3.47. The van der Waals surface area contributed by atoms with Gasteiger partial charge in [0, 0.05) is 32.9 Å². The molecule has 2 rings (SSSR count). The standard InChI is InChI=1S/C17H27N3O3S2/c1-4-20(14-8-6-5-7-9-14)17(21)13-24-16-11-10-15(12-18-16)25(22,23)19(2)3/h10-12,14H,4-9,13H2,1-3H3. The molecule has 140 valence electrons. The van der Waals surface area contributed by atoms with Gasteiger partial charge in [0.15, 0.2) is 0 Å². The molecule has 1 aromatic rings. The molecule has 0 N–H and O–H groups in total. The Labute approximate surface area is 155 Å². The molecule has 25 heavy (non-hydrogen) atoms. The lowest BCUT2D eigenvalue weighted by molar-refractivity contribution is -0.131. The predicted molar refractivity (Wildman–Crippen MR) is 100 cm³/mol. The molecule has 0 saturated heterocycles. The Morgan fingerprint density at radius 1 is 1.24 bits per heavy atom. The zero-order valence-electron chi connectivity index (χ0n) is 15.1. The van der Waals surface area contributed by atoms with Crippen molar-refractivity contribution in [3.63, 3.8) is 0 Å². The number of pyridine rings is 1. The lowest BCUT2D eigenvalue weighted by atomic mass is 9.94. The Kier molecular flexibility index (Phi) is 7.27. The largest absolute Gasteiger partial charge is 0.339 e. The van der Waals surface area contributed by atoms with Crippen LogP contribution >= 0.6 is 11.8 Å². The first-order chi connectivity index (χ1) is 11.9. The van der Waals surface area contributed by atoms with Crippen LogP contribution in [0.1, 0.15) is 39.0 Å². The van der Waals surface area contributed by atoms with E-state index < -0.39 is 10.0 Å². The molecule has 0 radical (unpaired) electrons. The quantitative estimate of drug-likeness (QED) is 0.675. The number of carbonyl (C=O) groups is 1. The molecule has 1 aliphatic carbocycles. The molecule has 0 spiro atoms. The summed E-state index contributed by atoms with van der Waals surface area (Å²) in [6.07, 6.45) is 7.21. The second kappa shape index (κ2) is 9.00. The maximum absolute atomic E-state index is 12.5. The van der Waals surface area contributed by atoms with Gasteiger partial charge in [-0.3, -0.25) is 4.79 Å². The number of aromatic nitrogens is 1. The van der Waals surface area contributed by atoms with Crippen molar-refractivity contribution in [3.05, 3.63) is 18.3 Å². The van der Waals surface area contributed by atoms with Gasteiger partial charge in [0.25, 0.3) is 0 Å². The topological polar surface area (TPSA) is 70.6 Å². The first-order valence-electron chi connectivity index (χ1n) is 8.67. The molecular formula is C17H27N3O3S2. The van der Waals surface area contributed by atoms with E-state index in [1.165, 1.54) is 57.4 Å². The van der Waals surface area contributed by atoms with E-state index in [1.807, 2.05) is 11.8 Å². The summed E-state index contributed by atoms with van der Waals surface area (Å²) in [7, 11) is -0.496. The normalized spacial score (nSPS) is 16.2. The molecule has 1 heterocycles. The van der Waals surface area contributed by atoms with Gasteiger partial charge in [0.1, 0.15) is 4.90 Å². The van der Waals surface area contributed by atoms with E-state index >= 15 is 0 Å². The van der Waals surface area contributed by atoms with Crippen molar-refractivity contribution in [2.45, 2.75) is 55.0 Å². The van der Waals surface area contributed by atoms with E-state index in [1.54, 1.807) is 6.07 Å². The highest BCUT2D eigenvalue weighted by atomic mass is 32.2. The summed E-state index contributed by atoms with van der Waals surface area (Å²) in [6.45, 7) is 2.76. The SMILES string of the molecule is CCN(C(=O)CSc1ccc(S(=O)(=O)N(C)C)cn1)C1CCCCC1. The van der Waals surface area contributed by atoms with Crippen LogP contribution in [0, 0.1) is 0 Å². The van der Waals surface area contributed by atoms with E-state index in [0.29, 0.717) is 16.8 Å². The predicted octanol–water partition coefficient (Wildman–Crippen LogP) is 2.61. The van der Waals surface area contributed by atoms with Crippen molar-refractivity contribution < 1.29 is 13.2 Å². The molecule has 0 aliphatic heterocycles. The van der Waals surface area contributed by atoms with Crippen molar-refractivity contribution in [1.29, 1.82) is 0 Å². The van der Waals surface area contributed by atoms with Gasteiger partial charge in [0.2, 0.25) is 15.9 Å². The van der Waals surface area contributed by atoms with Gasteiger partial charge in [0.05, 0.1) is 10.8 Å². The monoisotopic (exact) mass is 385 g/mol. The van der Waals surface area contributed by atoms with Crippen LogP contribution in [0.3, 0.4) is 0 Å². The molecular weight excluding hydrogens is 358 g/mol. The summed E-state index contributed by atoms with van der Waals surface area (Å²) < 4.78 is 25.2. The smallest absolute Gasteiger partial charge is 0.244 e. The first-order valence-corrected chi connectivity index (χ1v) is 11.1. The number of nitrogens with zero attached hydrogens (tertiary/aromatic N) is 3. The Balaban J connectivity index is 1.95. The van der Waals surface area contributed by atoms with Crippen molar-refractivity contribution in [2.24, 2.45) is 0 Å². The molecule has 0 unspecified atom stereocenters. The van der Waals surface area contributed by atoms with Crippen LogP contribution in [-0.2, 0) is 14.8 Å². The highest BCUT2D eigenvalue weighted by molar-refractivity contribution is 7.99. The molecule has 1 aromatic heterocycles. The van der Waals surface area contributed by atoms with Crippen molar-refractivity contribution in [1.82, 2.24) is 14.2 Å². The molecule has 1 fully saturated rings. The van der Waals surface area contributed by atoms with E-state index in [9.17, 15) is 13.2 Å². The third kappa shape index (κ3) is 5.18. The average molecular weight is 386 g/mol. The minimum absolute atomic E-state index is 0.131. The molecule has 1 saturated carbocycles. The van der Waals surface area contributed by atoms with Crippen LogP contribution in [0.25, 0.3) is 0 Å². The fourth-order valence-electron chi connectivity index (χ4n) is 3.07. The maximum Gasteiger partial charge on any atom is 0.244 e. The summed E-state index contributed by atoms with van der Waals surface area (Å²) >= 11 is 1.35. The Morgan fingerprint density at radius 2 is 1.92 bits per heavy atom. The van der Waals surface area contributed by atoms with Crippen molar-refractivity contribution >= 4 is 27.7 Å². The fraction of sp³-hybridized carbons (Fsp3) is 0.647. The minimum Gasteiger partial charge on any atom is -0.339 e. The second-order valence-electron chi connectivity index (χ2n) is 6.38. The Morgan fingerprint density at radius 3 is 2.44 bits per heavy atom. The fourth-order valence-corrected chi connectivity index (χ4v) is 4.64. The van der Waals surface area contributed by atoms with Crippen molar-refractivity contribution in [3.8, 4) is 0 Å². The highest BCUT2D eigenvalue weighted by Gasteiger charge is 2.24.